The summed E-state index contributed by atoms with van der Waals surface area (Å²) in [4.78, 5) is 12.0. The Balaban J connectivity index is 1.67. The Morgan fingerprint density at radius 3 is 3.33 bits per heavy atom. The molecular formula is C13H15N3O2. The summed E-state index contributed by atoms with van der Waals surface area (Å²) < 4.78 is 5.28. The Hall–Kier alpha value is -1.88. The van der Waals surface area contributed by atoms with E-state index in [2.05, 4.69) is 15.5 Å². The van der Waals surface area contributed by atoms with E-state index in [1.165, 1.54) is 0 Å². The van der Waals surface area contributed by atoms with Crippen molar-refractivity contribution in [2.75, 3.05) is 19.8 Å². The third kappa shape index (κ3) is 2.22. The topological polar surface area (TPSA) is 67.0 Å². The van der Waals surface area contributed by atoms with Gasteiger partial charge in [0.1, 0.15) is 0 Å². The second kappa shape index (κ2) is 4.78. The van der Waals surface area contributed by atoms with Gasteiger partial charge in [-0.1, -0.05) is 6.07 Å². The standard InChI is InChI=1S/C13H15N3O2/c17-13(14-6-9-3-4-18-8-9)10-1-2-11-7-15-16-12(11)5-10/h1-2,5,7,9H,3-4,6,8H2,(H,14,17)(H,15,16). The minimum atomic E-state index is -0.0431. The molecule has 2 N–H and O–H groups in total. The molecule has 1 fully saturated rings. The molecule has 0 bridgehead atoms. The number of carbonyl (C=O) groups excluding carboxylic acids is 1. The number of hydrogen-bond donors (Lipinski definition) is 2. The van der Waals surface area contributed by atoms with Crippen LogP contribution in [0.5, 0.6) is 0 Å². The van der Waals surface area contributed by atoms with Crippen LogP contribution in [0.2, 0.25) is 0 Å². The van der Waals surface area contributed by atoms with Crippen LogP contribution in [0.25, 0.3) is 10.9 Å². The Kier molecular flexibility index (Phi) is 2.98. The van der Waals surface area contributed by atoms with E-state index < -0.39 is 0 Å². The van der Waals surface area contributed by atoms with Crippen LogP contribution in [0.15, 0.2) is 24.4 Å². The molecule has 94 valence electrons. The van der Waals surface area contributed by atoms with E-state index in [0.29, 0.717) is 18.0 Å². The molecule has 0 spiro atoms. The van der Waals surface area contributed by atoms with Crippen LogP contribution in [0.1, 0.15) is 16.8 Å². The number of amides is 1. The van der Waals surface area contributed by atoms with Crippen molar-refractivity contribution in [3.8, 4) is 0 Å². The highest BCUT2D eigenvalue weighted by Gasteiger charge is 2.16. The van der Waals surface area contributed by atoms with E-state index in [0.717, 1.165) is 30.5 Å². The number of nitrogens with zero attached hydrogens (tertiary/aromatic N) is 1. The van der Waals surface area contributed by atoms with E-state index in [9.17, 15) is 4.79 Å². The zero-order valence-corrected chi connectivity index (χ0v) is 9.98. The molecule has 0 radical (unpaired) electrons. The lowest BCUT2D eigenvalue weighted by molar-refractivity contribution is 0.0945. The van der Waals surface area contributed by atoms with Gasteiger partial charge in [-0.25, -0.2) is 0 Å². The maximum absolute atomic E-state index is 12.0. The number of aromatic amines is 1. The number of rotatable bonds is 3. The highest BCUT2D eigenvalue weighted by Crippen LogP contribution is 2.14. The summed E-state index contributed by atoms with van der Waals surface area (Å²) in [5, 5.41) is 10.8. The lowest BCUT2D eigenvalue weighted by Gasteiger charge is -2.09. The van der Waals surface area contributed by atoms with E-state index in [4.69, 9.17) is 4.74 Å². The number of ether oxygens (including phenoxy) is 1. The van der Waals surface area contributed by atoms with Gasteiger partial charge in [-0.05, 0) is 18.6 Å². The molecule has 1 aromatic carbocycles. The first kappa shape index (κ1) is 11.2. The van der Waals surface area contributed by atoms with Gasteiger partial charge < -0.3 is 10.1 Å². The second-order valence-corrected chi connectivity index (χ2v) is 4.61. The van der Waals surface area contributed by atoms with Gasteiger partial charge in [-0.2, -0.15) is 5.10 Å². The zero-order chi connectivity index (χ0) is 12.4. The molecule has 1 aromatic heterocycles. The average Bonchev–Trinajstić information content (AvgIpc) is 3.05. The minimum absolute atomic E-state index is 0.0431. The lowest BCUT2D eigenvalue weighted by Crippen LogP contribution is -2.29. The van der Waals surface area contributed by atoms with Crippen molar-refractivity contribution in [2.24, 2.45) is 5.92 Å². The number of nitrogens with one attached hydrogen (secondary N) is 2. The van der Waals surface area contributed by atoms with Gasteiger partial charge in [0.15, 0.2) is 0 Å². The Morgan fingerprint density at radius 2 is 2.50 bits per heavy atom. The van der Waals surface area contributed by atoms with E-state index in [-0.39, 0.29) is 5.91 Å². The van der Waals surface area contributed by atoms with E-state index in [1.807, 2.05) is 18.2 Å². The molecule has 0 aliphatic carbocycles. The van der Waals surface area contributed by atoms with Crippen molar-refractivity contribution >= 4 is 16.8 Å². The maximum Gasteiger partial charge on any atom is 0.251 e. The smallest absolute Gasteiger partial charge is 0.251 e. The molecule has 1 atom stereocenters. The average molecular weight is 245 g/mol. The predicted molar refractivity (Wildman–Crippen MR) is 67.4 cm³/mol. The molecule has 2 aromatic rings. The van der Waals surface area contributed by atoms with Gasteiger partial charge in [-0.3, -0.25) is 9.89 Å². The van der Waals surface area contributed by atoms with Crippen LogP contribution in [0.4, 0.5) is 0 Å². The molecule has 2 heterocycles. The van der Waals surface area contributed by atoms with Crippen LogP contribution < -0.4 is 5.32 Å². The quantitative estimate of drug-likeness (QED) is 0.857. The summed E-state index contributed by atoms with van der Waals surface area (Å²) in [6.45, 7) is 2.24. The summed E-state index contributed by atoms with van der Waals surface area (Å²) in [5.74, 6) is 0.406. The van der Waals surface area contributed by atoms with Crippen LogP contribution in [0.3, 0.4) is 0 Å². The molecule has 1 aliphatic heterocycles. The molecule has 0 saturated carbocycles. The maximum atomic E-state index is 12.0. The van der Waals surface area contributed by atoms with Gasteiger partial charge in [0.05, 0.1) is 18.3 Å². The first-order valence-corrected chi connectivity index (χ1v) is 6.12. The van der Waals surface area contributed by atoms with Crippen molar-refractivity contribution < 1.29 is 9.53 Å². The molecule has 1 saturated heterocycles. The van der Waals surface area contributed by atoms with Crippen LogP contribution in [0, 0.1) is 5.92 Å². The summed E-state index contributed by atoms with van der Waals surface area (Å²) in [7, 11) is 0. The fraction of sp³-hybridized carbons (Fsp3) is 0.385. The van der Waals surface area contributed by atoms with Gasteiger partial charge in [-0.15, -0.1) is 0 Å². The van der Waals surface area contributed by atoms with Gasteiger partial charge in [0.2, 0.25) is 0 Å². The van der Waals surface area contributed by atoms with Gasteiger partial charge in [0.25, 0.3) is 5.91 Å². The van der Waals surface area contributed by atoms with Crippen molar-refractivity contribution in [2.45, 2.75) is 6.42 Å². The van der Waals surface area contributed by atoms with Crippen molar-refractivity contribution in [3.05, 3.63) is 30.0 Å². The normalized spacial score (nSPS) is 19.2. The summed E-state index contributed by atoms with van der Waals surface area (Å²) in [6, 6.07) is 5.54. The SMILES string of the molecule is O=C(NCC1CCOC1)c1ccc2cn[nH]c2c1. The fourth-order valence-corrected chi connectivity index (χ4v) is 2.16. The third-order valence-electron chi connectivity index (χ3n) is 3.28. The summed E-state index contributed by atoms with van der Waals surface area (Å²) in [5.41, 5.74) is 1.54. The van der Waals surface area contributed by atoms with E-state index >= 15 is 0 Å². The van der Waals surface area contributed by atoms with Crippen LogP contribution in [-0.4, -0.2) is 35.9 Å². The molecule has 5 heteroatoms. The molecular weight excluding hydrogens is 230 g/mol. The van der Waals surface area contributed by atoms with Crippen molar-refractivity contribution in [1.29, 1.82) is 0 Å². The highest BCUT2D eigenvalue weighted by atomic mass is 16.5. The molecule has 5 nitrogen and oxygen atoms in total. The number of carbonyl (C=O) groups is 1. The number of aromatic nitrogens is 2. The molecule has 1 unspecified atom stereocenters. The number of hydrogen-bond acceptors (Lipinski definition) is 3. The Morgan fingerprint density at radius 1 is 1.56 bits per heavy atom. The largest absolute Gasteiger partial charge is 0.381 e. The highest BCUT2D eigenvalue weighted by molar-refractivity contribution is 5.97. The van der Waals surface area contributed by atoms with Crippen molar-refractivity contribution in [3.63, 3.8) is 0 Å². The zero-order valence-electron chi connectivity index (χ0n) is 9.98. The lowest BCUT2D eigenvalue weighted by atomic mass is 10.1. The number of fused-ring (bicyclic) bond motifs is 1. The minimum Gasteiger partial charge on any atom is -0.381 e. The monoisotopic (exact) mass is 245 g/mol. The fourth-order valence-electron chi connectivity index (χ4n) is 2.16. The van der Waals surface area contributed by atoms with Gasteiger partial charge in [0, 0.05) is 30.0 Å². The van der Waals surface area contributed by atoms with Gasteiger partial charge >= 0.3 is 0 Å². The van der Waals surface area contributed by atoms with Crippen LogP contribution >= 0.6 is 0 Å². The summed E-state index contributed by atoms with van der Waals surface area (Å²) >= 11 is 0. The third-order valence-corrected chi connectivity index (χ3v) is 3.28. The molecule has 1 aliphatic rings. The van der Waals surface area contributed by atoms with Crippen molar-refractivity contribution in [1.82, 2.24) is 15.5 Å². The number of H-pyrrole nitrogens is 1. The second-order valence-electron chi connectivity index (χ2n) is 4.61. The van der Waals surface area contributed by atoms with E-state index in [1.54, 1.807) is 6.20 Å². The molecule has 1 amide bonds. The molecule has 18 heavy (non-hydrogen) atoms. The molecule has 3 rings (SSSR count). The first-order valence-electron chi connectivity index (χ1n) is 6.12. The first-order chi connectivity index (χ1) is 8.83. The number of benzene rings is 1. The predicted octanol–water partition coefficient (Wildman–Crippen LogP) is 1.33. The Bertz CT molecular complexity index is 558. The Labute approximate surface area is 105 Å². The van der Waals surface area contributed by atoms with Crippen LogP contribution in [-0.2, 0) is 4.74 Å². The summed E-state index contributed by atoms with van der Waals surface area (Å²) in [6.07, 6.45) is 2.77.